The predicted octanol–water partition coefficient (Wildman–Crippen LogP) is 7.24. The van der Waals surface area contributed by atoms with E-state index >= 15 is 0 Å². The maximum Gasteiger partial charge on any atom is 0.307 e. The third kappa shape index (κ3) is 9.36. The summed E-state index contributed by atoms with van der Waals surface area (Å²) in [6, 6.07) is 11.7. The number of rotatable bonds is 8. The van der Waals surface area contributed by atoms with E-state index in [2.05, 4.69) is 41.8 Å². The van der Waals surface area contributed by atoms with Gasteiger partial charge in [-0.15, -0.1) is 0 Å². The number of ether oxygens (including phenoxy) is 1. The largest absolute Gasteiger partial charge is 0.481 e. The van der Waals surface area contributed by atoms with Crippen LogP contribution >= 0.6 is 0 Å². The van der Waals surface area contributed by atoms with Gasteiger partial charge in [0.15, 0.2) is 0 Å². The van der Waals surface area contributed by atoms with E-state index in [1.54, 1.807) is 40.0 Å². The molecule has 0 saturated carbocycles. The van der Waals surface area contributed by atoms with Crippen molar-refractivity contribution in [3.05, 3.63) is 81.4 Å². The maximum absolute atomic E-state index is 13.6. The number of aliphatic carboxylic acids is 1. The van der Waals surface area contributed by atoms with Crippen LogP contribution in [0.5, 0.6) is 0 Å². The number of benzene rings is 2. The number of carboxylic acid groups (broad SMARTS) is 1. The first-order chi connectivity index (χ1) is 21.5. The Hall–Kier alpha value is -3.33. The molecular weight excluding hydrogens is 581 g/mol. The standard InChI is InChI=1S/C34H42FN3O3.C4H10O/c1-22-16-28(35)9-8-26(22)19-37-13-10-24-17-25(6-7-27(24)20-37)32-30(21-41-5)36-23(2)29(18-31(39)40)33(32)38-14-11-34(3,4)12-15-38;1-4(2,3)5/h6-9,16-17H,10-15,18-21H2,1-5H3,(H,39,40);5H,1-3H3. The molecule has 0 bridgehead atoms. The summed E-state index contributed by atoms with van der Waals surface area (Å²) in [6.45, 7) is 18.4. The van der Waals surface area contributed by atoms with E-state index in [1.165, 1.54) is 11.1 Å². The van der Waals surface area contributed by atoms with Crippen molar-refractivity contribution in [3.8, 4) is 11.1 Å². The Balaban J connectivity index is 0.000000892. The zero-order valence-corrected chi connectivity index (χ0v) is 29.0. The number of methoxy groups -OCH3 is 1. The van der Waals surface area contributed by atoms with Gasteiger partial charge in [-0.3, -0.25) is 14.7 Å². The third-order valence-corrected chi connectivity index (χ3v) is 8.88. The first-order valence-corrected chi connectivity index (χ1v) is 16.3. The number of aliphatic hydroxyl groups is 1. The molecule has 46 heavy (non-hydrogen) atoms. The van der Waals surface area contributed by atoms with Crippen LogP contribution in [0.1, 0.15) is 86.7 Å². The van der Waals surface area contributed by atoms with Crippen LogP contribution in [0.15, 0.2) is 36.4 Å². The Labute approximate surface area is 274 Å². The number of fused-ring (bicyclic) bond motifs is 1. The van der Waals surface area contributed by atoms with Gasteiger partial charge in [0.25, 0.3) is 0 Å². The smallest absolute Gasteiger partial charge is 0.307 e. The third-order valence-electron chi connectivity index (χ3n) is 8.88. The molecule has 2 aromatic carbocycles. The minimum absolute atomic E-state index is 0.0585. The van der Waals surface area contributed by atoms with Gasteiger partial charge in [0, 0.05) is 56.7 Å². The number of halogens is 1. The second-order valence-electron chi connectivity index (χ2n) is 14.7. The van der Waals surface area contributed by atoms with Gasteiger partial charge in [-0.1, -0.05) is 38.1 Å². The minimum Gasteiger partial charge on any atom is -0.481 e. The molecule has 0 atom stereocenters. The monoisotopic (exact) mass is 633 g/mol. The lowest BCUT2D eigenvalue weighted by Crippen LogP contribution is -2.38. The molecule has 0 spiro atoms. The number of aromatic nitrogens is 1. The zero-order chi connectivity index (χ0) is 33.8. The van der Waals surface area contributed by atoms with Crippen LogP contribution in [0.3, 0.4) is 0 Å². The van der Waals surface area contributed by atoms with E-state index in [0.29, 0.717) is 6.61 Å². The quantitative estimate of drug-likeness (QED) is 0.271. The fraction of sp³-hybridized carbons (Fsp3) is 0.526. The number of pyridine rings is 1. The van der Waals surface area contributed by atoms with Crippen molar-refractivity contribution in [1.29, 1.82) is 0 Å². The Morgan fingerprint density at radius 2 is 1.72 bits per heavy atom. The van der Waals surface area contributed by atoms with Gasteiger partial charge >= 0.3 is 5.97 Å². The second kappa shape index (κ2) is 14.6. The predicted molar refractivity (Wildman–Crippen MR) is 183 cm³/mol. The average molecular weight is 634 g/mol. The number of carbonyl (C=O) groups is 1. The molecule has 250 valence electrons. The van der Waals surface area contributed by atoms with Gasteiger partial charge in [0.05, 0.1) is 30.0 Å². The van der Waals surface area contributed by atoms with Gasteiger partial charge in [0.1, 0.15) is 5.82 Å². The first kappa shape index (κ1) is 35.5. The number of anilines is 1. The summed E-state index contributed by atoms with van der Waals surface area (Å²) in [4.78, 5) is 21.7. The molecule has 2 N–H and O–H groups in total. The molecule has 5 rings (SSSR count). The molecule has 1 saturated heterocycles. The lowest BCUT2D eigenvalue weighted by molar-refractivity contribution is -0.136. The zero-order valence-electron chi connectivity index (χ0n) is 29.0. The number of hydrogen-bond donors (Lipinski definition) is 2. The van der Waals surface area contributed by atoms with Crippen LogP contribution in [0.2, 0.25) is 0 Å². The summed E-state index contributed by atoms with van der Waals surface area (Å²) in [5, 5.41) is 18.4. The molecule has 2 aliphatic rings. The van der Waals surface area contributed by atoms with Gasteiger partial charge in [-0.05, 0) is 99.2 Å². The van der Waals surface area contributed by atoms with Crippen LogP contribution < -0.4 is 4.90 Å². The minimum atomic E-state index is -0.846. The summed E-state index contributed by atoms with van der Waals surface area (Å²) >= 11 is 0. The van der Waals surface area contributed by atoms with E-state index in [1.807, 2.05) is 19.9 Å². The fourth-order valence-electron chi connectivity index (χ4n) is 6.36. The highest BCUT2D eigenvalue weighted by Crippen LogP contribution is 2.42. The van der Waals surface area contributed by atoms with E-state index in [4.69, 9.17) is 14.8 Å². The molecule has 0 amide bonds. The van der Waals surface area contributed by atoms with Crippen LogP contribution in [-0.4, -0.2) is 58.4 Å². The summed E-state index contributed by atoms with van der Waals surface area (Å²) in [5.74, 6) is -1.04. The van der Waals surface area contributed by atoms with E-state index in [-0.39, 0.29) is 17.7 Å². The summed E-state index contributed by atoms with van der Waals surface area (Å²) < 4.78 is 19.2. The van der Waals surface area contributed by atoms with Crippen LogP contribution in [0, 0.1) is 25.1 Å². The Kier molecular flexibility index (Phi) is 11.3. The molecule has 0 unspecified atom stereocenters. The van der Waals surface area contributed by atoms with Gasteiger partial charge in [0.2, 0.25) is 0 Å². The maximum atomic E-state index is 13.6. The van der Waals surface area contributed by atoms with E-state index in [9.17, 15) is 14.3 Å². The molecule has 2 aliphatic heterocycles. The van der Waals surface area contributed by atoms with E-state index in [0.717, 1.165) is 96.9 Å². The van der Waals surface area contributed by atoms with Gasteiger partial charge in [-0.25, -0.2) is 4.39 Å². The Bertz CT molecular complexity index is 1530. The summed E-state index contributed by atoms with van der Waals surface area (Å²) in [7, 11) is 1.68. The molecule has 3 aromatic rings. The Morgan fingerprint density at radius 1 is 1.04 bits per heavy atom. The van der Waals surface area contributed by atoms with Crippen molar-refractivity contribution in [2.75, 3.05) is 31.6 Å². The number of carboxylic acids is 1. The van der Waals surface area contributed by atoms with Crippen molar-refractivity contribution >= 4 is 11.7 Å². The highest BCUT2D eigenvalue weighted by Gasteiger charge is 2.31. The molecule has 1 fully saturated rings. The number of hydrogen-bond acceptors (Lipinski definition) is 6. The molecule has 1 aromatic heterocycles. The number of piperidine rings is 1. The highest BCUT2D eigenvalue weighted by atomic mass is 19.1. The van der Waals surface area contributed by atoms with Crippen molar-refractivity contribution < 1.29 is 24.1 Å². The van der Waals surface area contributed by atoms with Crippen LogP contribution in [0.4, 0.5) is 10.1 Å². The van der Waals surface area contributed by atoms with Crippen LogP contribution in [0.25, 0.3) is 11.1 Å². The summed E-state index contributed by atoms with van der Waals surface area (Å²) in [5.41, 5.74) is 9.98. The van der Waals surface area contributed by atoms with Crippen molar-refractivity contribution in [3.63, 3.8) is 0 Å². The first-order valence-electron chi connectivity index (χ1n) is 16.3. The summed E-state index contributed by atoms with van der Waals surface area (Å²) in [6.07, 6.45) is 2.95. The SMILES string of the molecule is CC(C)(C)O.COCc1nc(C)c(CC(=O)O)c(N2CCC(C)(C)CC2)c1-c1ccc2c(c1)CCN(Cc1ccc(F)cc1C)C2. The Morgan fingerprint density at radius 3 is 2.33 bits per heavy atom. The molecule has 7 nitrogen and oxygen atoms in total. The van der Waals surface area contributed by atoms with Gasteiger partial charge < -0.3 is 19.8 Å². The average Bonchev–Trinajstić information content (AvgIpc) is 2.95. The molecular formula is C38H52FN3O4. The normalized spacial score (nSPS) is 16.4. The lowest BCUT2D eigenvalue weighted by Gasteiger charge is -2.40. The lowest BCUT2D eigenvalue weighted by atomic mass is 9.81. The fourth-order valence-corrected chi connectivity index (χ4v) is 6.36. The molecule has 3 heterocycles. The van der Waals surface area contributed by atoms with Crippen LogP contribution in [-0.2, 0) is 42.1 Å². The van der Waals surface area contributed by atoms with Crippen molar-refractivity contribution in [1.82, 2.24) is 9.88 Å². The molecule has 8 heteroatoms. The van der Waals surface area contributed by atoms with Crippen molar-refractivity contribution in [2.45, 2.75) is 99.4 Å². The second-order valence-corrected chi connectivity index (χ2v) is 14.7. The van der Waals surface area contributed by atoms with E-state index < -0.39 is 11.6 Å². The van der Waals surface area contributed by atoms with Crippen molar-refractivity contribution in [2.24, 2.45) is 5.41 Å². The molecule has 0 radical (unpaired) electrons. The highest BCUT2D eigenvalue weighted by molar-refractivity contribution is 5.86. The topological polar surface area (TPSA) is 86.1 Å². The number of nitrogens with zero attached hydrogens (tertiary/aromatic N) is 3. The number of aryl methyl sites for hydroxylation is 2. The van der Waals surface area contributed by atoms with Gasteiger partial charge in [-0.2, -0.15) is 0 Å². The molecule has 0 aliphatic carbocycles.